The molecule has 0 spiro atoms. The molecule has 2 saturated heterocycles. The third-order valence-electron chi connectivity index (χ3n) is 4.77. The van der Waals surface area contributed by atoms with Crippen molar-refractivity contribution in [2.45, 2.75) is 33.0 Å². The Morgan fingerprint density at radius 1 is 0.905 bits per heavy atom. The molecule has 4 nitrogen and oxygen atoms in total. The van der Waals surface area contributed by atoms with Crippen LogP contribution in [0.2, 0.25) is 0 Å². The van der Waals surface area contributed by atoms with Gasteiger partial charge in [-0.25, -0.2) is 4.90 Å². The van der Waals surface area contributed by atoms with Gasteiger partial charge in [0.05, 0.1) is 29.7 Å². The van der Waals surface area contributed by atoms with Crippen molar-refractivity contribution in [1.29, 1.82) is 0 Å². The van der Waals surface area contributed by atoms with Crippen LogP contribution < -0.4 is 4.90 Å². The molecule has 0 aliphatic carbocycles. The number of ether oxygens (including phenoxy) is 1. The predicted molar refractivity (Wildman–Crippen MR) is 77.9 cm³/mol. The topological polar surface area (TPSA) is 46.6 Å². The van der Waals surface area contributed by atoms with Gasteiger partial charge in [0.15, 0.2) is 0 Å². The molecule has 3 aliphatic rings. The molecule has 2 amide bonds. The van der Waals surface area contributed by atoms with Crippen LogP contribution in [0.3, 0.4) is 0 Å². The van der Waals surface area contributed by atoms with E-state index < -0.39 is 0 Å². The summed E-state index contributed by atoms with van der Waals surface area (Å²) in [6.07, 6.45) is 3.37. The van der Waals surface area contributed by atoms with Gasteiger partial charge in [0.25, 0.3) is 0 Å². The van der Waals surface area contributed by atoms with E-state index in [2.05, 4.69) is 0 Å². The van der Waals surface area contributed by atoms with E-state index in [0.717, 1.165) is 22.4 Å². The summed E-state index contributed by atoms with van der Waals surface area (Å²) in [5, 5.41) is 0. The lowest BCUT2D eigenvalue weighted by atomic mass is 9.85. The second-order valence-electron chi connectivity index (χ2n) is 6.26. The van der Waals surface area contributed by atoms with Crippen LogP contribution in [0.5, 0.6) is 0 Å². The van der Waals surface area contributed by atoms with Crippen molar-refractivity contribution in [3.05, 3.63) is 41.0 Å². The number of hydrogen-bond acceptors (Lipinski definition) is 3. The van der Waals surface area contributed by atoms with Crippen LogP contribution in [0.1, 0.15) is 16.7 Å². The lowest BCUT2D eigenvalue weighted by Gasteiger charge is -2.22. The number of carbonyl (C=O) groups excluding carboxylic acids is 2. The van der Waals surface area contributed by atoms with Crippen LogP contribution in [-0.4, -0.2) is 24.0 Å². The van der Waals surface area contributed by atoms with E-state index in [4.69, 9.17) is 4.74 Å². The third-order valence-corrected chi connectivity index (χ3v) is 4.77. The minimum absolute atomic E-state index is 0.114. The second kappa shape index (κ2) is 4.04. The molecular formula is C17H17NO3. The van der Waals surface area contributed by atoms with Crippen LogP contribution in [-0.2, 0) is 14.3 Å². The summed E-state index contributed by atoms with van der Waals surface area (Å²) in [6.45, 7) is 5.92. The van der Waals surface area contributed by atoms with Gasteiger partial charge in [-0.05, 0) is 31.9 Å². The number of fused-ring (bicyclic) bond motifs is 5. The van der Waals surface area contributed by atoms with E-state index >= 15 is 0 Å². The zero-order valence-electron chi connectivity index (χ0n) is 12.3. The van der Waals surface area contributed by atoms with Crippen LogP contribution in [0, 0.1) is 32.6 Å². The van der Waals surface area contributed by atoms with E-state index in [1.165, 1.54) is 4.90 Å². The van der Waals surface area contributed by atoms with Gasteiger partial charge in [-0.1, -0.05) is 29.8 Å². The first kappa shape index (κ1) is 12.8. The molecule has 2 fully saturated rings. The van der Waals surface area contributed by atoms with Gasteiger partial charge in [-0.2, -0.15) is 0 Å². The highest BCUT2D eigenvalue weighted by atomic mass is 16.5. The molecule has 2 bridgehead atoms. The zero-order chi connectivity index (χ0) is 14.9. The fourth-order valence-electron chi connectivity index (χ4n) is 4.05. The van der Waals surface area contributed by atoms with Gasteiger partial charge in [-0.3, -0.25) is 9.59 Å². The van der Waals surface area contributed by atoms with Crippen molar-refractivity contribution in [1.82, 2.24) is 0 Å². The summed E-state index contributed by atoms with van der Waals surface area (Å²) in [4.78, 5) is 26.9. The lowest BCUT2D eigenvalue weighted by Crippen LogP contribution is -2.35. The second-order valence-corrected chi connectivity index (χ2v) is 6.26. The van der Waals surface area contributed by atoms with Gasteiger partial charge in [0.1, 0.15) is 0 Å². The minimum Gasteiger partial charge on any atom is -0.365 e. The smallest absolute Gasteiger partial charge is 0.240 e. The Balaban J connectivity index is 1.82. The first-order valence-corrected chi connectivity index (χ1v) is 7.28. The molecule has 0 N–H and O–H groups in total. The number of aryl methyl sites for hydroxylation is 3. The first-order chi connectivity index (χ1) is 9.99. The fourth-order valence-corrected chi connectivity index (χ4v) is 4.05. The van der Waals surface area contributed by atoms with Crippen molar-refractivity contribution < 1.29 is 14.3 Å². The summed E-state index contributed by atoms with van der Waals surface area (Å²) >= 11 is 0. The van der Waals surface area contributed by atoms with E-state index in [9.17, 15) is 9.59 Å². The largest absolute Gasteiger partial charge is 0.365 e. The van der Waals surface area contributed by atoms with Crippen LogP contribution in [0.4, 0.5) is 5.69 Å². The normalized spacial score (nSPS) is 33.2. The quantitative estimate of drug-likeness (QED) is 0.585. The number of amides is 2. The Kier molecular flexibility index (Phi) is 2.46. The van der Waals surface area contributed by atoms with Gasteiger partial charge >= 0.3 is 0 Å². The van der Waals surface area contributed by atoms with Crippen molar-refractivity contribution in [2.75, 3.05) is 4.90 Å². The molecule has 0 saturated carbocycles. The highest BCUT2D eigenvalue weighted by Crippen LogP contribution is 2.47. The highest BCUT2D eigenvalue weighted by molar-refractivity contribution is 6.23. The minimum atomic E-state index is -0.340. The molecule has 0 aromatic heterocycles. The van der Waals surface area contributed by atoms with Crippen molar-refractivity contribution in [3.63, 3.8) is 0 Å². The molecule has 0 radical (unpaired) electrons. The monoisotopic (exact) mass is 283 g/mol. The molecule has 108 valence electrons. The Morgan fingerprint density at radius 3 is 1.86 bits per heavy atom. The average Bonchev–Trinajstić information content (AvgIpc) is 3.06. The van der Waals surface area contributed by atoms with Crippen LogP contribution >= 0.6 is 0 Å². The molecule has 4 rings (SSSR count). The number of rotatable bonds is 1. The summed E-state index contributed by atoms with van der Waals surface area (Å²) < 4.78 is 5.66. The van der Waals surface area contributed by atoms with Gasteiger partial charge < -0.3 is 4.74 Å². The lowest BCUT2D eigenvalue weighted by molar-refractivity contribution is -0.124. The number of benzene rings is 1. The fraction of sp³-hybridized carbons (Fsp3) is 0.412. The highest BCUT2D eigenvalue weighted by Gasteiger charge is 2.61. The SMILES string of the molecule is Cc1cc(C)c(N2C(=O)[C@@H]3[C@H](C2=O)[C@H]2C=C[C@@H]3O2)c(C)c1. The van der Waals surface area contributed by atoms with E-state index in [0.29, 0.717) is 0 Å². The number of hydrogen-bond donors (Lipinski definition) is 0. The summed E-state index contributed by atoms with van der Waals surface area (Å²) in [7, 11) is 0. The molecular weight excluding hydrogens is 266 g/mol. The summed E-state index contributed by atoms with van der Waals surface area (Å²) in [6, 6.07) is 4.03. The van der Waals surface area contributed by atoms with Gasteiger partial charge in [0, 0.05) is 0 Å². The number of nitrogens with zero attached hydrogens (tertiary/aromatic N) is 1. The Labute approximate surface area is 123 Å². The van der Waals surface area contributed by atoms with E-state index in [-0.39, 0.29) is 35.9 Å². The van der Waals surface area contributed by atoms with E-state index in [1.54, 1.807) is 0 Å². The van der Waals surface area contributed by atoms with Crippen LogP contribution in [0.25, 0.3) is 0 Å². The maximum Gasteiger partial charge on any atom is 0.240 e. The maximum absolute atomic E-state index is 12.8. The molecule has 3 aliphatic heterocycles. The van der Waals surface area contributed by atoms with Gasteiger partial charge in [0.2, 0.25) is 11.8 Å². The average molecular weight is 283 g/mol. The first-order valence-electron chi connectivity index (χ1n) is 7.28. The molecule has 1 aromatic rings. The third kappa shape index (κ3) is 1.54. The Morgan fingerprint density at radius 2 is 1.38 bits per heavy atom. The maximum atomic E-state index is 12.8. The Hall–Kier alpha value is -1.94. The Bertz CT molecular complexity index is 653. The predicted octanol–water partition coefficient (Wildman–Crippen LogP) is 2.05. The van der Waals surface area contributed by atoms with Crippen molar-refractivity contribution in [3.8, 4) is 0 Å². The number of carbonyl (C=O) groups is 2. The number of imide groups is 1. The van der Waals surface area contributed by atoms with Crippen molar-refractivity contribution in [2.24, 2.45) is 11.8 Å². The number of anilines is 1. The molecule has 1 aromatic carbocycles. The molecule has 4 heteroatoms. The summed E-state index contributed by atoms with van der Waals surface area (Å²) in [5.74, 6) is -0.908. The molecule has 21 heavy (non-hydrogen) atoms. The molecule has 3 heterocycles. The van der Waals surface area contributed by atoms with Gasteiger partial charge in [-0.15, -0.1) is 0 Å². The van der Waals surface area contributed by atoms with Crippen LogP contribution in [0.15, 0.2) is 24.3 Å². The molecule has 4 atom stereocenters. The van der Waals surface area contributed by atoms with Crippen molar-refractivity contribution >= 4 is 17.5 Å². The standard InChI is InChI=1S/C17H17NO3/c1-8-6-9(2)15(10(3)7-8)18-16(19)13-11-4-5-12(21-11)14(13)17(18)20/h4-7,11-14H,1-3H3/t11-,12+,13-,14+. The zero-order valence-corrected chi connectivity index (χ0v) is 12.3. The van der Waals surface area contributed by atoms with E-state index in [1.807, 2.05) is 45.1 Å². The molecule has 0 unspecified atom stereocenters. The summed E-state index contributed by atoms with van der Waals surface area (Å²) in [5.41, 5.74) is 3.83.